The number of rotatable bonds is 9. The van der Waals surface area contributed by atoms with Crippen molar-refractivity contribution in [2.24, 2.45) is 5.73 Å². The maximum absolute atomic E-state index is 13.1. The predicted molar refractivity (Wildman–Crippen MR) is 178 cm³/mol. The minimum Gasteiger partial charge on any atom is -0.443 e. The molecule has 3 aromatic carbocycles. The number of ether oxygens (including phenoxy) is 2. The summed E-state index contributed by atoms with van der Waals surface area (Å²) in [6.45, 7) is 13.1. The topological polar surface area (TPSA) is 135 Å². The van der Waals surface area contributed by atoms with Crippen LogP contribution in [0.25, 0.3) is 5.70 Å². The van der Waals surface area contributed by atoms with Crippen LogP contribution in [-0.4, -0.2) is 49.2 Å². The lowest BCUT2D eigenvalue weighted by molar-refractivity contribution is -0.123. The van der Waals surface area contributed by atoms with Crippen molar-refractivity contribution < 1.29 is 23.9 Å². The second kappa shape index (κ2) is 14.1. The third kappa shape index (κ3) is 8.73. The summed E-state index contributed by atoms with van der Waals surface area (Å²) in [7, 11) is 1.57. The summed E-state index contributed by atoms with van der Waals surface area (Å²) in [4.78, 5) is 39.6. The second-order valence-electron chi connectivity index (χ2n) is 12.0. The van der Waals surface area contributed by atoms with Crippen LogP contribution in [0, 0.1) is 6.92 Å². The van der Waals surface area contributed by atoms with Crippen LogP contribution in [0.5, 0.6) is 0 Å². The molecule has 1 fully saturated rings. The molecule has 45 heavy (non-hydrogen) atoms. The molecule has 1 aliphatic heterocycles. The number of hydrogen-bond acceptors (Lipinski definition) is 7. The van der Waals surface area contributed by atoms with Crippen LogP contribution in [0.2, 0.25) is 0 Å². The Bertz CT molecular complexity index is 1600. The molecule has 1 heterocycles. The van der Waals surface area contributed by atoms with E-state index in [1.165, 1.54) is 11.1 Å². The quantitative estimate of drug-likeness (QED) is 0.211. The number of nitrogens with zero attached hydrogens (tertiary/aromatic N) is 1. The highest BCUT2D eigenvalue weighted by Crippen LogP contribution is 2.26. The molecule has 236 valence electrons. The van der Waals surface area contributed by atoms with Gasteiger partial charge in [-0.2, -0.15) is 0 Å². The molecule has 0 aliphatic carbocycles. The number of amides is 3. The Balaban J connectivity index is 1.38. The van der Waals surface area contributed by atoms with Gasteiger partial charge in [-0.1, -0.05) is 57.7 Å². The number of carbonyl (C=O) groups excluding carboxylic acids is 3. The molecule has 0 bridgehead atoms. The second-order valence-corrected chi connectivity index (χ2v) is 12.0. The smallest absolute Gasteiger partial charge is 0.411 e. The molecular weight excluding hydrogens is 570 g/mol. The van der Waals surface area contributed by atoms with Crippen LogP contribution >= 0.6 is 0 Å². The fourth-order valence-corrected chi connectivity index (χ4v) is 4.76. The molecule has 1 unspecified atom stereocenters. The molecule has 3 amide bonds. The van der Waals surface area contributed by atoms with Crippen LogP contribution in [0.3, 0.4) is 0 Å². The zero-order chi connectivity index (χ0) is 32.7. The SMILES string of the molecule is C=C(Nc1cccc(NC(=O)OC2CCOC2)c1)C(=O)N(C)/C=C(\N)c1cccc(NC(=O)c2ccc(C(C)(C)C)cc2)c1C. The molecule has 0 aromatic heterocycles. The van der Waals surface area contributed by atoms with E-state index in [0.717, 1.165) is 11.1 Å². The molecule has 10 heteroatoms. The molecule has 10 nitrogen and oxygen atoms in total. The largest absolute Gasteiger partial charge is 0.443 e. The Morgan fingerprint density at radius 1 is 1.00 bits per heavy atom. The molecule has 1 aliphatic rings. The van der Waals surface area contributed by atoms with Crippen molar-refractivity contribution in [3.05, 3.63) is 107 Å². The molecular formula is C35H41N5O5. The number of benzene rings is 3. The molecule has 1 saturated heterocycles. The van der Waals surface area contributed by atoms with E-state index in [0.29, 0.717) is 53.5 Å². The van der Waals surface area contributed by atoms with Crippen molar-refractivity contribution in [2.45, 2.75) is 45.6 Å². The molecule has 0 radical (unpaired) electrons. The summed E-state index contributed by atoms with van der Waals surface area (Å²) in [5.74, 6) is -0.648. The fourth-order valence-electron chi connectivity index (χ4n) is 4.76. The Labute approximate surface area is 264 Å². The van der Waals surface area contributed by atoms with Crippen molar-refractivity contribution in [2.75, 3.05) is 36.2 Å². The Hall–Kier alpha value is -5.09. The first-order chi connectivity index (χ1) is 21.3. The van der Waals surface area contributed by atoms with Gasteiger partial charge in [0.15, 0.2) is 0 Å². The lowest BCUT2D eigenvalue weighted by Crippen LogP contribution is -2.27. The van der Waals surface area contributed by atoms with E-state index < -0.39 is 12.0 Å². The molecule has 5 N–H and O–H groups in total. The first-order valence-electron chi connectivity index (χ1n) is 14.7. The minimum atomic E-state index is -0.577. The predicted octanol–water partition coefficient (Wildman–Crippen LogP) is 6.22. The van der Waals surface area contributed by atoms with Crippen molar-refractivity contribution >= 4 is 40.7 Å². The van der Waals surface area contributed by atoms with E-state index in [9.17, 15) is 14.4 Å². The number of nitrogens with one attached hydrogen (secondary N) is 3. The Kier molecular flexibility index (Phi) is 10.3. The van der Waals surface area contributed by atoms with Crippen molar-refractivity contribution in [1.82, 2.24) is 4.90 Å². The third-order valence-electron chi connectivity index (χ3n) is 7.38. The number of nitrogens with two attached hydrogens (primary N) is 1. The van der Waals surface area contributed by atoms with Gasteiger partial charge >= 0.3 is 6.09 Å². The van der Waals surface area contributed by atoms with E-state index in [1.54, 1.807) is 43.4 Å². The van der Waals surface area contributed by atoms with Gasteiger partial charge in [-0.15, -0.1) is 0 Å². The number of hydrogen-bond donors (Lipinski definition) is 4. The summed E-state index contributed by atoms with van der Waals surface area (Å²) in [5.41, 5.74) is 11.6. The Morgan fingerprint density at radius 2 is 1.67 bits per heavy atom. The highest BCUT2D eigenvalue weighted by Gasteiger charge is 2.20. The summed E-state index contributed by atoms with van der Waals surface area (Å²) in [5, 5.41) is 8.63. The number of anilines is 3. The molecule has 1 atom stereocenters. The Morgan fingerprint density at radius 3 is 2.31 bits per heavy atom. The summed E-state index contributed by atoms with van der Waals surface area (Å²) in [6.07, 6.45) is 1.33. The lowest BCUT2D eigenvalue weighted by Gasteiger charge is -2.19. The highest BCUT2D eigenvalue weighted by molar-refractivity contribution is 6.05. The molecule has 3 aromatic rings. The average Bonchev–Trinajstić information content (AvgIpc) is 3.50. The van der Waals surface area contributed by atoms with Crippen LogP contribution in [-0.2, 0) is 19.7 Å². The zero-order valence-corrected chi connectivity index (χ0v) is 26.4. The summed E-state index contributed by atoms with van der Waals surface area (Å²) in [6, 6.07) is 19.8. The van der Waals surface area contributed by atoms with Crippen molar-refractivity contribution in [3.8, 4) is 0 Å². The van der Waals surface area contributed by atoms with E-state index >= 15 is 0 Å². The van der Waals surface area contributed by atoms with Crippen molar-refractivity contribution in [1.29, 1.82) is 0 Å². The average molecular weight is 612 g/mol. The van der Waals surface area contributed by atoms with Gasteiger partial charge < -0.3 is 30.7 Å². The van der Waals surface area contributed by atoms with E-state index in [-0.39, 0.29) is 23.1 Å². The van der Waals surface area contributed by atoms with Gasteiger partial charge in [0.2, 0.25) is 0 Å². The summed E-state index contributed by atoms with van der Waals surface area (Å²) < 4.78 is 10.6. The molecule has 4 rings (SSSR count). The standard InChI is InChI=1S/C35H41N5O5/c1-22-29(11-8-12-31(22)39-32(41)24-13-15-25(16-14-24)35(3,4)5)30(36)20-40(6)33(42)23(2)37-26-9-7-10-27(19-26)38-34(43)45-28-17-18-44-21-28/h7-16,19-20,28,37H,2,17-18,21,36H2,1,3-6H3,(H,38,43)(H,39,41)/b30-20-. The zero-order valence-electron chi connectivity index (χ0n) is 26.4. The van der Waals surface area contributed by atoms with Gasteiger partial charge in [0, 0.05) is 47.9 Å². The monoisotopic (exact) mass is 611 g/mol. The molecule has 0 spiro atoms. The van der Waals surface area contributed by atoms with E-state index in [2.05, 4.69) is 43.3 Å². The minimum absolute atomic E-state index is 0.00853. The van der Waals surface area contributed by atoms with Gasteiger partial charge in [-0.3, -0.25) is 14.9 Å². The van der Waals surface area contributed by atoms with Crippen LogP contribution in [0.15, 0.2) is 85.2 Å². The van der Waals surface area contributed by atoms with Gasteiger partial charge in [0.05, 0.1) is 24.6 Å². The van der Waals surface area contributed by atoms with Gasteiger partial charge in [0.25, 0.3) is 11.8 Å². The lowest BCUT2D eigenvalue weighted by atomic mass is 9.86. The number of carbonyl (C=O) groups is 3. The van der Waals surface area contributed by atoms with Crippen LogP contribution in [0.4, 0.5) is 21.9 Å². The van der Waals surface area contributed by atoms with Crippen molar-refractivity contribution in [3.63, 3.8) is 0 Å². The normalized spacial score (nSPS) is 14.8. The first kappa shape index (κ1) is 32.8. The molecule has 0 saturated carbocycles. The maximum Gasteiger partial charge on any atom is 0.411 e. The highest BCUT2D eigenvalue weighted by atomic mass is 16.6. The fraction of sp³-hybridized carbons (Fsp3) is 0.286. The van der Waals surface area contributed by atoms with E-state index in [1.807, 2.05) is 37.3 Å². The van der Waals surface area contributed by atoms with Crippen LogP contribution in [0.1, 0.15) is 54.2 Å². The van der Waals surface area contributed by atoms with Gasteiger partial charge in [-0.05, 0) is 59.9 Å². The van der Waals surface area contributed by atoms with Gasteiger partial charge in [-0.25, -0.2) is 4.79 Å². The van der Waals surface area contributed by atoms with E-state index in [4.69, 9.17) is 15.2 Å². The van der Waals surface area contributed by atoms with Crippen LogP contribution < -0.4 is 21.7 Å². The summed E-state index contributed by atoms with van der Waals surface area (Å²) >= 11 is 0. The maximum atomic E-state index is 13.1. The van der Waals surface area contributed by atoms with Gasteiger partial charge in [0.1, 0.15) is 6.10 Å². The third-order valence-corrected chi connectivity index (χ3v) is 7.38. The first-order valence-corrected chi connectivity index (χ1v) is 14.7. The number of likely N-dealkylation sites (N-methyl/N-ethyl adjacent to an activating group) is 1.